The molecule has 17 heavy (non-hydrogen) atoms. The Bertz CT molecular complexity index is 355. The van der Waals surface area contributed by atoms with E-state index in [1.165, 1.54) is 19.3 Å². The first-order valence-electron chi connectivity index (χ1n) is 6.39. The summed E-state index contributed by atoms with van der Waals surface area (Å²) < 4.78 is 5.00. The molecule has 0 amide bonds. The average Bonchev–Trinajstić information content (AvgIpc) is 2.80. The number of hydrogen-bond donors (Lipinski definition) is 1. The fourth-order valence-electron chi connectivity index (χ4n) is 2.24. The van der Waals surface area contributed by atoms with Gasteiger partial charge in [-0.1, -0.05) is 25.4 Å². The van der Waals surface area contributed by atoms with Crippen LogP contribution in [-0.2, 0) is 13.1 Å². The standard InChI is InChI=1S/C12H22N4O/c1-3-12(2)4-6-16(7-5-12)9-10-14-11(8-13)17-15-10/h3-9,13H2,1-2H3. The molecule has 1 aliphatic heterocycles. The van der Waals surface area contributed by atoms with Crippen LogP contribution in [0, 0.1) is 5.41 Å². The zero-order valence-corrected chi connectivity index (χ0v) is 10.8. The van der Waals surface area contributed by atoms with Crippen LogP contribution in [-0.4, -0.2) is 28.1 Å². The summed E-state index contributed by atoms with van der Waals surface area (Å²) in [5.74, 6) is 1.28. The molecule has 0 radical (unpaired) electrons. The normalized spacial score (nSPS) is 20.6. The summed E-state index contributed by atoms with van der Waals surface area (Å²) in [5, 5.41) is 3.93. The van der Waals surface area contributed by atoms with E-state index < -0.39 is 0 Å². The molecule has 2 N–H and O–H groups in total. The lowest BCUT2D eigenvalue weighted by molar-refractivity contribution is 0.107. The van der Waals surface area contributed by atoms with Crippen molar-refractivity contribution < 1.29 is 4.52 Å². The highest BCUT2D eigenvalue weighted by atomic mass is 16.5. The first-order chi connectivity index (χ1) is 8.15. The molecular formula is C12H22N4O. The predicted octanol–water partition coefficient (Wildman–Crippen LogP) is 1.54. The van der Waals surface area contributed by atoms with Gasteiger partial charge >= 0.3 is 0 Å². The molecule has 1 fully saturated rings. The summed E-state index contributed by atoms with van der Waals surface area (Å²) in [4.78, 5) is 6.63. The number of hydrogen-bond acceptors (Lipinski definition) is 5. The maximum Gasteiger partial charge on any atom is 0.240 e. The van der Waals surface area contributed by atoms with Crippen molar-refractivity contribution in [1.29, 1.82) is 0 Å². The molecule has 1 saturated heterocycles. The first kappa shape index (κ1) is 12.5. The van der Waals surface area contributed by atoms with Gasteiger partial charge in [-0.3, -0.25) is 4.90 Å². The van der Waals surface area contributed by atoms with Crippen molar-refractivity contribution in [2.75, 3.05) is 13.1 Å². The summed E-state index contributed by atoms with van der Waals surface area (Å²) >= 11 is 0. The molecule has 1 aromatic rings. The van der Waals surface area contributed by atoms with Crippen LogP contribution in [0.4, 0.5) is 0 Å². The van der Waals surface area contributed by atoms with Crippen molar-refractivity contribution in [3.05, 3.63) is 11.7 Å². The third-order valence-corrected chi connectivity index (χ3v) is 3.97. The van der Waals surface area contributed by atoms with Gasteiger partial charge in [-0.2, -0.15) is 4.98 Å². The lowest BCUT2D eigenvalue weighted by atomic mass is 9.78. The molecule has 0 atom stereocenters. The minimum atomic E-state index is 0.320. The van der Waals surface area contributed by atoms with Crippen LogP contribution < -0.4 is 5.73 Å². The van der Waals surface area contributed by atoms with Crippen molar-refractivity contribution in [1.82, 2.24) is 15.0 Å². The largest absolute Gasteiger partial charge is 0.338 e. The molecule has 0 aromatic carbocycles. The molecule has 2 heterocycles. The number of piperidine rings is 1. The van der Waals surface area contributed by atoms with Crippen LogP contribution >= 0.6 is 0 Å². The molecule has 0 spiro atoms. The van der Waals surface area contributed by atoms with Crippen LogP contribution in [0.5, 0.6) is 0 Å². The minimum absolute atomic E-state index is 0.320. The number of aromatic nitrogens is 2. The number of rotatable bonds is 4. The fraction of sp³-hybridized carbons (Fsp3) is 0.833. The van der Waals surface area contributed by atoms with E-state index in [4.69, 9.17) is 10.3 Å². The van der Waals surface area contributed by atoms with E-state index in [0.717, 1.165) is 25.5 Å². The Morgan fingerprint density at radius 3 is 2.65 bits per heavy atom. The Hall–Kier alpha value is -0.940. The van der Waals surface area contributed by atoms with Crippen molar-refractivity contribution in [2.45, 2.75) is 46.2 Å². The maximum absolute atomic E-state index is 5.44. The van der Waals surface area contributed by atoms with Gasteiger partial charge in [0.2, 0.25) is 5.89 Å². The van der Waals surface area contributed by atoms with Gasteiger partial charge in [0.1, 0.15) is 0 Å². The summed E-state index contributed by atoms with van der Waals surface area (Å²) in [6.07, 6.45) is 3.77. The van der Waals surface area contributed by atoms with Crippen LogP contribution in [0.1, 0.15) is 44.8 Å². The minimum Gasteiger partial charge on any atom is -0.338 e. The monoisotopic (exact) mass is 238 g/mol. The highest BCUT2D eigenvalue weighted by Crippen LogP contribution is 2.34. The molecule has 1 aromatic heterocycles. The first-order valence-corrected chi connectivity index (χ1v) is 6.39. The van der Waals surface area contributed by atoms with Crippen molar-refractivity contribution in [3.63, 3.8) is 0 Å². The van der Waals surface area contributed by atoms with Gasteiger partial charge in [-0.25, -0.2) is 0 Å². The Labute approximate surface area is 102 Å². The smallest absolute Gasteiger partial charge is 0.240 e. The summed E-state index contributed by atoms with van der Waals surface area (Å²) in [6, 6.07) is 0. The van der Waals surface area contributed by atoms with Gasteiger partial charge < -0.3 is 10.3 Å². The van der Waals surface area contributed by atoms with Gasteiger partial charge in [0, 0.05) is 0 Å². The van der Waals surface area contributed by atoms with E-state index >= 15 is 0 Å². The third-order valence-electron chi connectivity index (χ3n) is 3.97. The lowest BCUT2D eigenvalue weighted by Crippen LogP contribution is -2.38. The van der Waals surface area contributed by atoms with E-state index in [0.29, 0.717) is 17.9 Å². The summed E-state index contributed by atoms with van der Waals surface area (Å²) in [5.41, 5.74) is 5.96. The zero-order chi connectivity index (χ0) is 12.3. The van der Waals surface area contributed by atoms with E-state index in [-0.39, 0.29) is 0 Å². The molecule has 2 rings (SSSR count). The number of nitrogens with two attached hydrogens (primary N) is 1. The van der Waals surface area contributed by atoms with Crippen molar-refractivity contribution >= 4 is 0 Å². The molecular weight excluding hydrogens is 216 g/mol. The van der Waals surface area contributed by atoms with Gasteiger partial charge in [0.25, 0.3) is 0 Å². The van der Waals surface area contributed by atoms with Crippen LogP contribution in [0.3, 0.4) is 0 Å². The summed E-state index contributed by atoms with van der Waals surface area (Å²) in [7, 11) is 0. The van der Waals surface area contributed by atoms with Gasteiger partial charge in [-0.15, -0.1) is 0 Å². The average molecular weight is 238 g/mol. The highest BCUT2D eigenvalue weighted by Gasteiger charge is 2.28. The predicted molar refractivity (Wildman–Crippen MR) is 65.1 cm³/mol. The lowest BCUT2D eigenvalue weighted by Gasteiger charge is -2.38. The second-order valence-electron chi connectivity index (χ2n) is 5.25. The molecule has 0 bridgehead atoms. The molecule has 0 unspecified atom stereocenters. The highest BCUT2D eigenvalue weighted by molar-refractivity contribution is 4.88. The number of likely N-dealkylation sites (tertiary alicyclic amines) is 1. The number of nitrogens with zero attached hydrogens (tertiary/aromatic N) is 3. The third kappa shape index (κ3) is 3.04. The molecule has 0 aliphatic carbocycles. The van der Waals surface area contributed by atoms with Gasteiger partial charge in [0.15, 0.2) is 5.82 Å². The van der Waals surface area contributed by atoms with Crippen molar-refractivity contribution in [3.8, 4) is 0 Å². The second kappa shape index (κ2) is 5.14. The van der Waals surface area contributed by atoms with Crippen LogP contribution in [0.25, 0.3) is 0 Å². The molecule has 5 nitrogen and oxygen atoms in total. The SMILES string of the molecule is CCC1(C)CCN(Cc2noc(CN)n2)CC1. The molecule has 5 heteroatoms. The van der Waals surface area contributed by atoms with Crippen molar-refractivity contribution in [2.24, 2.45) is 11.1 Å². The Morgan fingerprint density at radius 1 is 1.41 bits per heavy atom. The quantitative estimate of drug-likeness (QED) is 0.861. The molecule has 0 saturated carbocycles. The van der Waals surface area contributed by atoms with E-state index in [2.05, 4.69) is 28.9 Å². The Kier molecular flexibility index (Phi) is 3.79. The van der Waals surface area contributed by atoms with E-state index in [9.17, 15) is 0 Å². The Balaban J connectivity index is 1.85. The molecule has 1 aliphatic rings. The second-order valence-corrected chi connectivity index (χ2v) is 5.25. The molecule has 96 valence electrons. The zero-order valence-electron chi connectivity index (χ0n) is 10.8. The van der Waals surface area contributed by atoms with E-state index in [1.54, 1.807) is 0 Å². The van der Waals surface area contributed by atoms with Crippen LogP contribution in [0.2, 0.25) is 0 Å². The van der Waals surface area contributed by atoms with Crippen LogP contribution in [0.15, 0.2) is 4.52 Å². The topological polar surface area (TPSA) is 68.2 Å². The summed E-state index contributed by atoms with van der Waals surface area (Å²) in [6.45, 7) is 8.01. The van der Waals surface area contributed by atoms with Gasteiger partial charge in [0.05, 0.1) is 13.1 Å². The van der Waals surface area contributed by atoms with E-state index in [1.807, 2.05) is 0 Å². The Morgan fingerprint density at radius 2 is 2.12 bits per heavy atom. The van der Waals surface area contributed by atoms with Gasteiger partial charge in [-0.05, 0) is 31.3 Å². The fourth-order valence-corrected chi connectivity index (χ4v) is 2.24. The maximum atomic E-state index is 5.44.